The Bertz CT molecular complexity index is 1090. The maximum Gasteiger partial charge on any atom is 0.257 e. The fourth-order valence-electron chi connectivity index (χ4n) is 2.66. The quantitative estimate of drug-likeness (QED) is 0.560. The maximum absolute atomic E-state index is 13.4. The van der Waals surface area contributed by atoms with Crippen molar-refractivity contribution >= 4 is 22.5 Å². The van der Waals surface area contributed by atoms with Crippen LogP contribution in [-0.4, -0.2) is 16.1 Å². The second kappa shape index (κ2) is 6.68. The maximum atomic E-state index is 13.4. The molecule has 26 heavy (non-hydrogen) atoms. The number of benzene rings is 3. The summed E-state index contributed by atoms with van der Waals surface area (Å²) in [6.07, 6.45) is 1.66. The number of carbonyl (C=O) groups is 1. The van der Waals surface area contributed by atoms with E-state index in [-0.39, 0.29) is 5.91 Å². The molecule has 1 heterocycles. The van der Waals surface area contributed by atoms with E-state index >= 15 is 0 Å². The Hall–Kier alpha value is -3.67. The van der Waals surface area contributed by atoms with E-state index in [1.807, 2.05) is 6.07 Å². The van der Waals surface area contributed by atoms with Crippen molar-refractivity contribution in [2.75, 3.05) is 5.32 Å². The molecular weight excluding hydrogens is 333 g/mol. The number of para-hydroxylation sites is 3. The van der Waals surface area contributed by atoms with Crippen molar-refractivity contribution in [3.05, 3.63) is 84.3 Å². The minimum absolute atomic E-state index is 0.296. The van der Waals surface area contributed by atoms with E-state index in [0.717, 1.165) is 5.39 Å². The predicted molar refractivity (Wildman–Crippen MR) is 97.0 cm³/mol. The van der Waals surface area contributed by atoms with Crippen LogP contribution in [0.4, 0.5) is 10.1 Å². The Labute approximate surface area is 148 Å². The SMILES string of the molecule is O=C(Nc1ccccc1Oc1cccc(F)c1)c1cccc2cn[nH]c12. The number of ether oxygens (including phenoxy) is 1. The van der Waals surface area contributed by atoms with Gasteiger partial charge in [-0.1, -0.05) is 30.3 Å². The molecule has 1 aromatic heterocycles. The number of aromatic nitrogens is 2. The minimum Gasteiger partial charge on any atom is -0.455 e. The first-order chi connectivity index (χ1) is 12.7. The van der Waals surface area contributed by atoms with Crippen LogP contribution in [0.2, 0.25) is 0 Å². The summed E-state index contributed by atoms with van der Waals surface area (Å²) in [6, 6.07) is 18.2. The van der Waals surface area contributed by atoms with Crippen molar-refractivity contribution in [1.29, 1.82) is 0 Å². The molecule has 0 unspecified atom stereocenters. The highest BCUT2D eigenvalue weighted by atomic mass is 19.1. The van der Waals surface area contributed by atoms with E-state index < -0.39 is 5.82 Å². The van der Waals surface area contributed by atoms with E-state index in [1.54, 1.807) is 54.7 Å². The minimum atomic E-state index is -0.394. The van der Waals surface area contributed by atoms with Gasteiger partial charge in [-0.25, -0.2) is 4.39 Å². The van der Waals surface area contributed by atoms with Gasteiger partial charge in [-0.05, 0) is 30.3 Å². The molecule has 2 N–H and O–H groups in total. The van der Waals surface area contributed by atoms with Gasteiger partial charge in [0.25, 0.3) is 5.91 Å². The summed E-state index contributed by atoms with van der Waals surface area (Å²) in [7, 11) is 0. The summed E-state index contributed by atoms with van der Waals surface area (Å²) < 4.78 is 19.1. The van der Waals surface area contributed by atoms with E-state index in [1.165, 1.54) is 12.1 Å². The second-order valence-corrected chi connectivity index (χ2v) is 5.65. The standard InChI is InChI=1S/C20H14FN3O2/c21-14-6-4-7-15(11-14)26-18-10-2-1-9-17(18)23-20(25)16-8-3-5-13-12-22-24-19(13)16/h1-12H,(H,22,24)(H,23,25). The first kappa shape index (κ1) is 15.8. The number of anilines is 1. The molecule has 4 rings (SSSR count). The highest BCUT2D eigenvalue weighted by molar-refractivity contribution is 6.12. The predicted octanol–water partition coefficient (Wildman–Crippen LogP) is 4.75. The van der Waals surface area contributed by atoms with Crippen molar-refractivity contribution in [3.63, 3.8) is 0 Å². The van der Waals surface area contributed by atoms with Gasteiger partial charge in [0, 0.05) is 11.5 Å². The molecule has 6 heteroatoms. The Morgan fingerprint density at radius 3 is 2.77 bits per heavy atom. The molecule has 0 aliphatic heterocycles. The third-order valence-electron chi connectivity index (χ3n) is 3.88. The fraction of sp³-hybridized carbons (Fsp3) is 0. The molecule has 4 aromatic rings. The molecule has 0 saturated heterocycles. The monoisotopic (exact) mass is 347 g/mol. The van der Waals surface area contributed by atoms with Crippen molar-refractivity contribution in [1.82, 2.24) is 10.2 Å². The van der Waals surface area contributed by atoms with Crippen LogP contribution in [0.3, 0.4) is 0 Å². The Kier molecular flexibility index (Phi) is 4.07. The van der Waals surface area contributed by atoms with Gasteiger partial charge in [-0.2, -0.15) is 5.10 Å². The number of halogens is 1. The zero-order valence-corrected chi connectivity index (χ0v) is 13.6. The lowest BCUT2D eigenvalue weighted by atomic mass is 10.1. The number of nitrogens with one attached hydrogen (secondary N) is 2. The normalized spacial score (nSPS) is 10.7. The largest absolute Gasteiger partial charge is 0.455 e. The van der Waals surface area contributed by atoms with Crippen LogP contribution in [-0.2, 0) is 0 Å². The molecule has 0 spiro atoms. The van der Waals surface area contributed by atoms with Gasteiger partial charge < -0.3 is 10.1 Å². The summed E-state index contributed by atoms with van der Waals surface area (Å²) in [5.74, 6) is 0.0793. The van der Waals surface area contributed by atoms with Gasteiger partial charge >= 0.3 is 0 Å². The zero-order valence-electron chi connectivity index (χ0n) is 13.6. The molecule has 0 saturated carbocycles. The number of hydrogen-bond acceptors (Lipinski definition) is 3. The number of H-pyrrole nitrogens is 1. The molecule has 1 amide bonds. The Balaban J connectivity index is 1.62. The lowest BCUT2D eigenvalue weighted by molar-refractivity contribution is 0.102. The van der Waals surface area contributed by atoms with Crippen molar-refractivity contribution in [2.45, 2.75) is 0 Å². The van der Waals surface area contributed by atoms with Crippen LogP contribution >= 0.6 is 0 Å². The van der Waals surface area contributed by atoms with Crippen LogP contribution < -0.4 is 10.1 Å². The van der Waals surface area contributed by atoms with Gasteiger partial charge in [0.1, 0.15) is 11.6 Å². The highest BCUT2D eigenvalue weighted by Gasteiger charge is 2.14. The van der Waals surface area contributed by atoms with E-state index in [9.17, 15) is 9.18 Å². The third-order valence-corrected chi connectivity index (χ3v) is 3.88. The Morgan fingerprint density at radius 2 is 1.88 bits per heavy atom. The summed E-state index contributed by atoms with van der Waals surface area (Å²) in [5, 5.41) is 10.5. The number of rotatable bonds is 4. The average Bonchev–Trinajstić information content (AvgIpc) is 3.12. The van der Waals surface area contributed by atoms with Crippen LogP contribution in [0.5, 0.6) is 11.5 Å². The van der Waals surface area contributed by atoms with Gasteiger partial charge in [0.05, 0.1) is 23.0 Å². The highest BCUT2D eigenvalue weighted by Crippen LogP contribution is 2.30. The van der Waals surface area contributed by atoms with Crippen LogP contribution in [0, 0.1) is 5.82 Å². The number of amides is 1. The lowest BCUT2D eigenvalue weighted by Gasteiger charge is -2.12. The smallest absolute Gasteiger partial charge is 0.257 e. The van der Waals surface area contributed by atoms with Crippen molar-refractivity contribution in [2.24, 2.45) is 0 Å². The average molecular weight is 347 g/mol. The van der Waals surface area contributed by atoms with Crippen LogP contribution in [0.15, 0.2) is 72.9 Å². The number of aromatic amines is 1. The zero-order chi connectivity index (χ0) is 17.9. The molecule has 5 nitrogen and oxygen atoms in total. The summed E-state index contributed by atoms with van der Waals surface area (Å²) in [4.78, 5) is 12.7. The lowest BCUT2D eigenvalue weighted by Crippen LogP contribution is -2.13. The molecule has 0 fully saturated rings. The molecule has 0 radical (unpaired) electrons. The molecule has 0 aliphatic carbocycles. The molecule has 128 valence electrons. The fourth-order valence-corrected chi connectivity index (χ4v) is 2.66. The number of nitrogens with zero attached hydrogens (tertiary/aromatic N) is 1. The van der Waals surface area contributed by atoms with E-state index in [4.69, 9.17) is 4.74 Å². The van der Waals surface area contributed by atoms with Crippen molar-refractivity contribution < 1.29 is 13.9 Å². The third kappa shape index (κ3) is 3.12. The molecule has 0 atom stereocenters. The van der Waals surface area contributed by atoms with Gasteiger partial charge in [-0.15, -0.1) is 0 Å². The number of fused-ring (bicyclic) bond motifs is 1. The second-order valence-electron chi connectivity index (χ2n) is 5.65. The topological polar surface area (TPSA) is 67.0 Å². The van der Waals surface area contributed by atoms with Crippen molar-refractivity contribution in [3.8, 4) is 11.5 Å². The van der Waals surface area contributed by atoms with Gasteiger partial charge in [-0.3, -0.25) is 9.89 Å². The van der Waals surface area contributed by atoms with Crippen LogP contribution in [0.1, 0.15) is 10.4 Å². The first-order valence-corrected chi connectivity index (χ1v) is 7.96. The summed E-state index contributed by atoms with van der Waals surface area (Å²) >= 11 is 0. The molecular formula is C20H14FN3O2. The van der Waals surface area contributed by atoms with E-state index in [2.05, 4.69) is 15.5 Å². The van der Waals surface area contributed by atoms with Crippen LogP contribution in [0.25, 0.3) is 10.9 Å². The van der Waals surface area contributed by atoms with Gasteiger partial charge in [0.2, 0.25) is 0 Å². The molecule has 0 aliphatic rings. The molecule has 3 aromatic carbocycles. The summed E-state index contributed by atoms with van der Waals surface area (Å²) in [5.41, 5.74) is 1.62. The molecule has 0 bridgehead atoms. The number of hydrogen-bond donors (Lipinski definition) is 2. The Morgan fingerprint density at radius 1 is 1.04 bits per heavy atom. The van der Waals surface area contributed by atoms with Gasteiger partial charge in [0.15, 0.2) is 5.75 Å². The summed E-state index contributed by atoms with van der Waals surface area (Å²) in [6.45, 7) is 0. The number of carbonyl (C=O) groups excluding carboxylic acids is 1. The van der Waals surface area contributed by atoms with E-state index in [0.29, 0.717) is 28.3 Å². The first-order valence-electron chi connectivity index (χ1n) is 7.96.